The Morgan fingerprint density at radius 1 is 1.35 bits per heavy atom. The van der Waals surface area contributed by atoms with E-state index in [2.05, 4.69) is 10.3 Å². The van der Waals surface area contributed by atoms with E-state index >= 15 is 0 Å². The van der Waals surface area contributed by atoms with Crippen LogP contribution in [0.5, 0.6) is 0 Å². The first-order valence-corrected chi connectivity index (χ1v) is 7.69. The van der Waals surface area contributed by atoms with Crippen LogP contribution < -0.4 is 10.9 Å². The summed E-state index contributed by atoms with van der Waals surface area (Å²) in [5, 5.41) is 2.80. The van der Waals surface area contributed by atoms with Crippen molar-refractivity contribution in [2.45, 2.75) is 32.7 Å². The van der Waals surface area contributed by atoms with Gasteiger partial charge in [-0.25, -0.2) is 4.39 Å². The number of carbonyl (C=O) groups excluding carboxylic acids is 1. The molecule has 1 aliphatic carbocycles. The zero-order valence-electron chi connectivity index (χ0n) is 13.2. The molecule has 2 N–H and O–H groups in total. The van der Waals surface area contributed by atoms with E-state index in [9.17, 15) is 14.0 Å². The summed E-state index contributed by atoms with van der Waals surface area (Å²) in [6, 6.07) is 8.44. The number of aromatic amines is 1. The number of aryl methyl sites for hydroxylation is 2. The zero-order valence-corrected chi connectivity index (χ0v) is 13.2. The highest BCUT2D eigenvalue weighted by Gasteiger charge is 2.44. The molecule has 0 saturated heterocycles. The predicted molar refractivity (Wildman–Crippen MR) is 85.6 cm³/mol. The average Bonchev–Trinajstić information content (AvgIpc) is 3.26. The molecular formula is C18H19FN2O2. The Hall–Kier alpha value is -2.43. The van der Waals surface area contributed by atoms with Crippen LogP contribution in [-0.2, 0) is 11.3 Å². The Morgan fingerprint density at radius 3 is 2.78 bits per heavy atom. The van der Waals surface area contributed by atoms with Crippen LogP contribution in [0, 0.1) is 25.6 Å². The Kier molecular flexibility index (Phi) is 4.03. The van der Waals surface area contributed by atoms with Crippen molar-refractivity contribution >= 4 is 5.91 Å². The van der Waals surface area contributed by atoms with Crippen molar-refractivity contribution < 1.29 is 9.18 Å². The quantitative estimate of drug-likeness (QED) is 0.911. The van der Waals surface area contributed by atoms with Gasteiger partial charge in [-0.3, -0.25) is 9.59 Å². The van der Waals surface area contributed by atoms with Crippen molar-refractivity contribution in [1.82, 2.24) is 10.3 Å². The van der Waals surface area contributed by atoms with Gasteiger partial charge in [0.05, 0.1) is 0 Å². The number of hydrogen-bond acceptors (Lipinski definition) is 2. The summed E-state index contributed by atoms with van der Waals surface area (Å²) in [6.45, 7) is 3.86. The fourth-order valence-electron chi connectivity index (χ4n) is 3.01. The average molecular weight is 314 g/mol. The number of nitrogens with one attached hydrogen (secondary N) is 2. The van der Waals surface area contributed by atoms with E-state index in [0.717, 1.165) is 11.3 Å². The van der Waals surface area contributed by atoms with Gasteiger partial charge in [0.25, 0.3) is 5.56 Å². The highest BCUT2D eigenvalue weighted by Crippen LogP contribution is 2.48. The van der Waals surface area contributed by atoms with Crippen LogP contribution in [0.25, 0.3) is 0 Å². The maximum atomic E-state index is 13.7. The fraction of sp³-hybridized carbons (Fsp3) is 0.333. The summed E-state index contributed by atoms with van der Waals surface area (Å²) in [5.74, 6) is -0.665. The molecule has 1 heterocycles. The molecule has 5 heteroatoms. The minimum Gasteiger partial charge on any atom is -0.352 e. The number of amides is 1. The summed E-state index contributed by atoms with van der Waals surface area (Å²) >= 11 is 0. The van der Waals surface area contributed by atoms with Gasteiger partial charge in [0.15, 0.2) is 0 Å². The van der Waals surface area contributed by atoms with Crippen LogP contribution in [0.2, 0.25) is 0 Å². The molecule has 0 radical (unpaired) electrons. The lowest BCUT2D eigenvalue weighted by atomic mass is 10.1. The second kappa shape index (κ2) is 5.99. The number of rotatable bonds is 4. The molecule has 1 amide bonds. The van der Waals surface area contributed by atoms with E-state index in [1.165, 1.54) is 6.07 Å². The van der Waals surface area contributed by atoms with Crippen molar-refractivity contribution in [3.8, 4) is 0 Å². The van der Waals surface area contributed by atoms with Gasteiger partial charge in [0.2, 0.25) is 5.91 Å². The van der Waals surface area contributed by atoms with Gasteiger partial charge in [0.1, 0.15) is 5.82 Å². The number of aromatic nitrogens is 1. The predicted octanol–water partition coefficient (Wildman–Crippen LogP) is 2.55. The Balaban J connectivity index is 1.64. The summed E-state index contributed by atoms with van der Waals surface area (Å²) in [7, 11) is 0. The van der Waals surface area contributed by atoms with Gasteiger partial charge in [0, 0.05) is 23.7 Å². The lowest BCUT2D eigenvalue weighted by molar-refractivity contribution is -0.122. The maximum Gasteiger partial charge on any atom is 0.253 e. The monoisotopic (exact) mass is 314 g/mol. The fourth-order valence-corrected chi connectivity index (χ4v) is 3.01. The SMILES string of the molecule is Cc1cc(C)c(CNC(=O)[C@H]2C[C@@H]2c2ccccc2F)c(=O)[nH]1. The topological polar surface area (TPSA) is 62.0 Å². The normalized spacial score (nSPS) is 19.4. The smallest absolute Gasteiger partial charge is 0.253 e. The number of halogens is 1. The Morgan fingerprint density at radius 2 is 2.09 bits per heavy atom. The summed E-state index contributed by atoms with van der Waals surface area (Å²) in [5.41, 5.74) is 2.63. The van der Waals surface area contributed by atoms with E-state index < -0.39 is 0 Å². The molecule has 0 spiro atoms. The molecule has 4 nitrogen and oxygen atoms in total. The number of benzene rings is 1. The lowest BCUT2D eigenvalue weighted by Gasteiger charge is -2.08. The van der Waals surface area contributed by atoms with Crippen molar-refractivity contribution in [2.75, 3.05) is 0 Å². The van der Waals surface area contributed by atoms with E-state index in [-0.39, 0.29) is 35.7 Å². The van der Waals surface area contributed by atoms with Crippen LogP contribution in [0.1, 0.15) is 34.7 Å². The summed E-state index contributed by atoms with van der Waals surface area (Å²) < 4.78 is 13.7. The van der Waals surface area contributed by atoms with E-state index in [0.29, 0.717) is 17.5 Å². The largest absolute Gasteiger partial charge is 0.352 e. The third-order valence-corrected chi connectivity index (χ3v) is 4.37. The maximum absolute atomic E-state index is 13.7. The molecule has 2 aromatic rings. The molecule has 1 aliphatic rings. The number of H-pyrrole nitrogens is 1. The Bertz CT molecular complexity index is 813. The highest BCUT2D eigenvalue weighted by atomic mass is 19.1. The van der Waals surface area contributed by atoms with Gasteiger partial charge in [-0.05, 0) is 49.4 Å². The molecule has 1 aromatic carbocycles. The van der Waals surface area contributed by atoms with E-state index in [1.807, 2.05) is 19.9 Å². The minimum atomic E-state index is -0.265. The van der Waals surface area contributed by atoms with Gasteiger partial charge >= 0.3 is 0 Å². The van der Waals surface area contributed by atoms with Crippen LogP contribution in [0.4, 0.5) is 4.39 Å². The second-order valence-corrected chi connectivity index (χ2v) is 6.13. The van der Waals surface area contributed by atoms with E-state index in [4.69, 9.17) is 0 Å². The van der Waals surface area contributed by atoms with Gasteiger partial charge in [-0.2, -0.15) is 0 Å². The molecule has 2 atom stereocenters. The minimum absolute atomic E-state index is 0.0615. The molecule has 1 aromatic heterocycles. The number of hydrogen-bond donors (Lipinski definition) is 2. The number of carbonyl (C=O) groups is 1. The molecule has 120 valence electrons. The van der Waals surface area contributed by atoms with Crippen molar-refractivity contribution in [3.63, 3.8) is 0 Å². The lowest BCUT2D eigenvalue weighted by Crippen LogP contribution is -2.29. The van der Waals surface area contributed by atoms with E-state index in [1.54, 1.807) is 18.2 Å². The Labute approximate surface area is 133 Å². The van der Waals surface area contributed by atoms with Crippen molar-refractivity contribution in [1.29, 1.82) is 0 Å². The summed E-state index contributed by atoms with van der Waals surface area (Å²) in [6.07, 6.45) is 0.649. The van der Waals surface area contributed by atoms with Crippen LogP contribution in [0.15, 0.2) is 35.1 Å². The molecule has 0 bridgehead atoms. The van der Waals surface area contributed by atoms with Crippen LogP contribution >= 0.6 is 0 Å². The second-order valence-electron chi connectivity index (χ2n) is 6.13. The first-order chi connectivity index (χ1) is 11.0. The first-order valence-electron chi connectivity index (χ1n) is 7.69. The third-order valence-electron chi connectivity index (χ3n) is 4.37. The zero-order chi connectivity index (χ0) is 16.6. The molecule has 1 saturated carbocycles. The van der Waals surface area contributed by atoms with Gasteiger partial charge in [-0.15, -0.1) is 0 Å². The molecule has 0 aliphatic heterocycles. The van der Waals surface area contributed by atoms with Gasteiger partial charge in [-0.1, -0.05) is 18.2 Å². The molecule has 1 fully saturated rings. The highest BCUT2D eigenvalue weighted by molar-refractivity contribution is 5.82. The standard InChI is InChI=1S/C18H19FN2O2/c1-10-7-11(2)21-18(23)15(10)9-20-17(22)14-8-13(14)12-5-3-4-6-16(12)19/h3-7,13-14H,8-9H2,1-2H3,(H,20,22)(H,21,23)/t13-,14+/m1/s1. The third kappa shape index (κ3) is 3.18. The van der Waals surface area contributed by atoms with Gasteiger partial charge < -0.3 is 10.3 Å². The first kappa shape index (κ1) is 15.5. The van der Waals surface area contributed by atoms with Crippen LogP contribution in [-0.4, -0.2) is 10.9 Å². The number of pyridine rings is 1. The molecular weight excluding hydrogens is 295 g/mol. The summed E-state index contributed by atoms with van der Waals surface area (Å²) in [4.78, 5) is 26.9. The van der Waals surface area contributed by atoms with Crippen LogP contribution in [0.3, 0.4) is 0 Å². The molecule has 3 rings (SSSR count). The van der Waals surface area contributed by atoms with Crippen molar-refractivity contribution in [2.24, 2.45) is 5.92 Å². The van der Waals surface area contributed by atoms with Crippen molar-refractivity contribution in [3.05, 3.63) is 68.9 Å². The molecule has 23 heavy (non-hydrogen) atoms. The molecule has 0 unspecified atom stereocenters.